The van der Waals surface area contributed by atoms with E-state index in [9.17, 15) is 31.1 Å². The van der Waals surface area contributed by atoms with E-state index in [0.29, 0.717) is 55.5 Å². The second kappa shape index (κ2) is 18.3. The van der Waals surface area contributed by atoms with Gasteiger partial charge in [-0.3, -0.25) is 4.79 Å². The number of pyridine rings is 1. The molecule has 1 aliphatic carbocycles. The minimum Gasteiger partial charge on any atom is -0.466 e. The first-order valence-electron chi connectivity index (χ1n) is 17.2. The van der Waals surface area contributed by atoms with Crippen molar-refractivity contribution in [3.8, 4) is 0 Å². The van der Waals surface area contributed by atoms with Crippen LogP contribution in [0.4, 0.5) is 32.2 Å². The topological polar surface area (TPSA) is 113 Å². The molecule has 0 unspecified atom stereocenters. The van der Waals surface area contributed by atoms with E-state index in [0.717, 1.165) is 41.7 Å². The molecule has 15 heteroatoms. The van der Waals surface area contributed by atoms with Gasteiger partial charge in [0.2, 0.25) is 5.96 Å². The fraction of sp³-hybridized carbons (Fsp3) is 0.528. The number of nitrogens with two attached hydrogens (primary N) is 2. The molecule has 0 atom stereocenters. The fourth-order valence-corrected chi connectivity index (χ4v) is 6.27. The number of carbonyl (C=O) groups excluding carboxylic acids is 1. The molecule has 282 valence electrons. The van der Waals surface area contributed by atoms with E-state index in [1.165, 1.54) is 11.9 Å². The van der Waals surface area contributed by atoms with Crippen molar-refractivity contribution in [2.24, 2.45) is 28.5 Å². The number of hydrogen-bond donors (Lipinski definition) is 2. The van der Waals surface area contributed by atoms with Crippen molar-refractivity contribution in [3.63, 3.8) is 0 Å². The molecular weight excluding hydrogens is 676 g/mol. The summed E-state index contributed by atoms with van der Waals surface area (Å²) in [5.74, 6) is 6.52. The quantitative estimate of drug-likeness (QED) is 0.0484. The van der Waals surface area contributed by atoms with Gasteiger partial charge in [-0.2, -0.15) is 26.3 Å². The van der Waals surface area contributed by atoms with Crippen LogP contribution in [0, 0.1) is 11.8 Å². The molecule has 4 N–H and O–H groups in total. The van der Waals surface area contributed by atoms with E-state index in [1.54, 1.807) is 6.92 Å². The summed E-state index contributed by atoms with van der Waals surface area (Å²) in [4.78, 5) is 20.5. The third kappa shape index (κ3) is 11.9. The SMILES string of the molecule is CC.CCOC(=O)CC1CCC(CN(CC)c2nc3ccccc3cc2CN(Cc2cc(C(F)(F)F)cc(C(F)(F)F)c2)/C(N)=N/N(C)N)CC1. The van der Waals surface area contributed by atoms with Crippen LogP contribution in [0.3, 0.4) is 0 Å². The average molecular weight is 726 g/mol. The number of benzene rings is 2. The van der Waals surface area contributed by atoms with Crippen molar-refractivity contribution in [3.05, 3.63) is 70.8 Å². The van der Waals surface area contributed by atoms with Crippen molar-refractivity contribution in [1.29, 1.82) is 0 Å². The van der Waals surface area contributed by atoms with Crippen molar-refractivity contribution < 1.29 is 35.9 Å². The van der Waals surface area contributed by atoms with Crippen molar-refractivity contribution in [2.75, 3.05) is 31.6 Å². The Bertz CT molecular complexity index is 1570. The molecule has 1 saturated carbocycles. The fourth-order valence-electron chi connectivity index (χ4n) is 6.27. The van der Waals surface area contributed by atoms with E-state index in [2.05, 4.69) is 10.0 Å². The number of alkyl halides is 6. The lowest BCUT2D eigenvalue weighted by Gasteiger charge is -2.34. The summed E-state index contributed by atoms with van der Waals surface area (Å²) < 4.78 is 87.3. The maximum Gasteiger partial charge on any atom is 0.416 e. The third-order valence-electron chi connectivity index (χ3n) is 8.63. The zero-order valence-corrected chi connectivity index (χ0v) is 29.8. The molecular formula is C36H49F6N7O2. The third-order valence-corrected chi connectivity index (χ3v) is 8.63. The molecule has 0 amide bonds. The van der Waals surface area contributed by atoms with Gasteiger partial charge in [0.25, 0.3) is 0 Å². The van der Waals surface area contributed by atoms with Gasteiger partial charge in [0.15, 0.2) is 0 Å². The summed E-state index contributed by atoms with van der Waals surface area (Å²) in [7, 11) is 1.39. The molecule has 4 rings (SSSR count). The molecule has 3 aromatic rings. The van der Waals surface area contributed by atoms with Crippen molar-refractivity contribution in [2.45, 2.75) is 85.2 Å². The minimum absolute atomic E-state index is 0.0449. The van der Waals surface area contributed by atoms with Gasteiger partial charge in [-0.15, -0.1) is 5.10 Å². The standard InChI is InChI=1S/C34H43F6N7O2.C2H6/c1-4-46(19-23-12-10-22(11-13-23)16-30(48)49-5-2)31-26(17-25-8-6-7-9-29(25)43-31)21-47(32(41)44-45(3)42)20-24-14-27(33(35,36)37)18-28(15-24)34(38,39)40;1-2/h6-9,14-15,17-18,22-23H,4-5,10-13,16,19-21,42H2,1-3H3,(H2,41,44);1-2H3. The lowest BCUT2D eigenvalue weighted by atomic mass is 9.80. The molecule has 1 fully saturated rings. The zero-order chi connectivity index (χ0) is 37.9. The Morgan fingerprint density at radius 3 is 2.06 bits per heavy atom. The monoisotopic (exact) mass is 725 g/mol. The number of guanidine groups is 1. The second-order valence-corrected chi connectivity index (χ2v) is 12.4. The average Bonchev–Trinajstić information content (AvgIpc) is 3.07. The Hall–Kier alpha value is -4.27. The maximum atomic E-state index is 13.7. The molecule has 2 aromatic carbocycles. The molecule has 9 nitrogen and oxygen atoms in total. The van der Waals surface area contributed by atoms with Gasteiger partial charge in [0.05, 0.1) is 23.3 Å². The second-order valence-electron chi connectivity index (χ2n) is 12.4. The van der Waals surface area contributed by atoms with Gasteiger partial charge in [-0.1, -0.05) is 32.0 Å². The number of nitrogens with zero attached hydrogens (tertiary/aromatic N) is 5. The molecule has 1 aliphatic rings. The van der Waals surface area contributed by atoms with Gasteiger partial charge in [0, 0.05) is 50.6 Å². The van der Waals surface area contributed by atoms with Crippen LogP contribution in [-0.2, 0) is 35.0 Å². The molecule has 0 radical (unpaired) electrons. The molecule has 1 heterocycles. The van der Waals surface area contributed by atoms with Gasteiger partial charge < -0.3 is 20.3 Å². The van der Waals surface area contributed by atoms with Crippen molar-refractivity contribution in [1.82, 2.24) is 15.0 Å². The molecule has 0 bridgehead atoms. The highest BCUT2D eigenvalue weighted by Crippen LogP contribution is 2.37. The number of carbonyl (C=O) groups is 1. The van der Waals surface area contributed by atoms with Gasteiger partial charge in [0.1, 0.15) is 5.82 Å². The lowest BCUT2D eigenvalue weighted by Crippen LogP contribution is -2.40. The molecule has 0 saturated heterocycles. The number of hydrazone groups is 1. The predicted molar refractivity (Wildman–Crippen MR) is 187 cm³/mol. The first-order chi connectivity index (χ1) is 24.1. The van der Waals surface area contributed by atoms with Crippen LogP contribution < -0.4 is 16.5 Å². The van der Waals surface area contributed by atoms with Crippen LogP contribution in [-0.4, -0.2) is 53.7 Å². The molecule has 1 aromatic heterocycles. The Kier molecular flexibility index (Phi) is 14.8. The summed E-state index contributed by atoms with van der Waals surface area (Å²) in [6, 6.07) is 10.8. The number of aromatic nitrogens is 1. The van der Waals surface area contributed by atoms with E-state index in [1.807, 2.05) is 51.1 Å². The van der Waals surface area contributed by atoms with Crippen LogP contribution in [0.1, 0.15) is 82.1 Å². The van der Waals surface area contributed by atoms with E-state index in [-0.39, 0.29) is 36.0 Å². The van der Waals surface area contributed by atoms with Crippen LogP contribution in [0.5, 0.6) is 0 Å². The number of ether oxygens (including phenoxy) is 1. The highest BCUT2D eigenvalue weighted by Gasteiger charge is 2.37. The first-order valence-corrected chi connectivity index (χ1v) is 17.2. The van der Waals surface area contributed by atoms with Gasteiger partial charge in [-0.25, -0.2) is 15.9 Å². The molecule has 0 spiro atoms. The number of hydrazine groups is 1. The Morgan fingerprint density at radius 2 is 1.51 bits per heavy atom. The van der Waals surface area contributed by atoms with E-state index >= 15 is 0 Å². The Morgan fingerprint density at radius 1 is 0.922 bits per heavy atom. The maximum absolute atomic E-state index is 13.7. The smallest absolute Gasteiger partial charge is 0.416 e. The number of halogens is 6. The molecule has 51 heavy (non-hydrogen) atoms. The van der Waals surface area contributed by atoms with Crippen LogP contribution in [0.15, 0.2) is 53.6 Å². The van der Waals surface area contributed by atoms with Gasteiger partial charge >= 0.3 is 18.3 Å². The first kappa shape index (κ1) is 41.2. The number of fused-ring (bicyclic) bond motifs is 1. The number of esters is 1. The van der Waals surface area contributed by atoms with Crippen LogP contribution in [0.2, 0.25) is 0 Å². The summed E-state index contributed by atoms with van der Waals surface area (Å²) in [6.07, 6.45) is -6.00. The summed E-state index contributed by atoms with van der Waals surface area (Å²) in [5.41, 5.74) is 4.55. The number of para-hydroxylation sites is 1. The summed E-state index contributed by atoms with van der Waals surface area (Å²) >= 11 is 0. The lowest BCUT2D eigenvalue weighted by molar-refractivity contribution is -0.145. The number of rotatable bonds is 12. The number of anilines is 1. The molecule has 0 aliphatic heterocycles. The van der Waals surface area contributed by atoms with Crippen LogP contribution >= 0.6 is 0 Å². The zero-order valence-electron chi connectivity index (χ0n) is 29.8. The summed E-state index contributed by atoms with van der Waals surface area (Å²) in [6.45, 7) is 8.90. The van der Waals surface area contributed by atoms with E-state index < -0.39 is 30.0 Å². The Labute approximate surface area is 295 Å². The summed E-state index contributed by atoms with van der Waals surface area (Å²) in [5, 5.41) is 5.72. The highest BCUT2D eigenvalue weighted by molar-refractivity contribution is 5.83. The van der Waals surface area contributed by atoms with Crippen LogP contribution in [0.25, 0.3) is 10.9 Å². The largest absolute Gasteiger partial charge is 0.466 e. The Balaban J connectivity index is 0.00000345. The normalized spacial score (nSPS) is 16.7. The van der Waals surface area contributed by atoms with Gasteiger partial charge in [-0.05, 0) is 87.3 Å². The highest BCUT2D eigenvalue weighted by atomic mass is 19.4. The van der Waals surface area contributed by atoms with E-state index in [4.69, 9.17) is 21.3 Å². The number of hydrogen-bond acceptors (Lipinski definition) is 7. The minimum atomic E-state index is -5.01. The predicted octanol–water partition coefficient (Wildman–Crippen LogP) is 7.92. The van der Waals surface area contributed by atoms with Crippen molar-refractivity contribution >= 4 is 28.6 Å².